The van der Waals surface area contributed by atoms with Crippen LogP contribution in [-0.4, -0.2) is 54.9 Å². The van der Waals surface area contributed by atoms with Gasteiger partial charge in [0.1, 0.15) is 11.6 Å². The van der Waals surface area contributed by atoms with E-state index in [1.165, 1.54) is 41.6 Å². The van der Waals surface area contributed by atoms with E-state index < -0.39 is 27.0 Å². The minimum absolute atomic E-state index is 0.143. The number of nitrogens with one attached hydrogen (secondary N) is 1. The molecule has 2 aromatic carbocycles. The molecule has 1 aromatic heterocycles. The maximum Gasteiger partial charge on any atom is 0.263 e. The Hall–Kier alpha value is -2.91. The number of aromatic nitrogens is 1. The van der Waals surface area contributed by atoms with Crippen molar-refractivity contribution in [2.45, 2.75) is 31.1 Å². The summed E-state index contributed by atoms with van der Waals surface area (Å²) in [4.78, 5) is 29.6. The molecular weight excluding hydrogens is 483 g/mol. The lowest BCUT2D eigenvalue weighted by Crippen LogP contribution is -2.49. The molecule has 1 amide bonds. The van der Waals surface area contributed by atoms with Gasteiger partial charge >= 0.3 is 0 Å². The summed E-state index contributed by atoms with van der Waals surface area (Å²) in [7, 11) is -3.24. The van der Waals surface area contributed by atoms with Gasteiger partial charge in [0.25, 0.3) is 11.5 Å². The summed E-state index contributed by atoms with van der Waals surface area (Å²) in [6.07, 6.45) is 2.98. The van der Waals surface area contributed by atoms with Crippen molar-refractivity contribution in [3.63, 3.8) is 0 Å². The normalized spacial score (nSPS) is 17.5. The molecule has 2 heterocycles. The number of sulfone groups is 1. The molecule has 4 rings (SSSR count). The second kappa shape index (κ2) is 9.38. The number of amides is 1. The molecule has 1 aliphatic heterocycles. The summed E-state index contributed by atoms with van der Waals surface area (Å²) in [5.41, 5.74) is 0.830. The van der Waals surface area contributed by atoms with Crippen LogP contribution in [0.25, 0.3) is 21.9 Å². The quantitative estimate of drug-likeness (QED) is 0.568. The number of nitrogens with zero attached hydrogens (tertiary/aromatic N) is 1. The minimum Gasteiger partial charge on any atom is -0.481 e. The average Bonchev–Trinajstić information content (AvgIpc) is 2.79. The zero-order valence-corrected chi connectivity index (χ0v) is 20.2. The Kier molecular flexibility index (Phi) is 6.69. The van der Waals surface area contributed by atoms with E-state index in [4.69, 9.17) is 16.3 Å². The topological polar surface area (TPSA) is 96.5 Å². The summed E-state index contributed by atoms with van der Waals surface area (Å²) in [6, 6.07) is 8.90. The summed E-state index contributed by atoms with van der Waals surface area (Å²) >= 11 is 6.21. The van der Waals surface area contributed by atoms with E-state index >= 15 is 0 Å². The number of halogens is 2. The number of carbonyl (C=O) groups is 1. The van der Waals surface area contributed by atoms with Gasteiger partial charge in [0, 0.05) is 36.7 Å². The first kappa shape index (κ1) is 24.2. The predicted molar refractivity (Wildman–Crippen MR) is 130 cm³/mol. The number of rotatable bonds is 5. The van der Waals surface area contributed by atoms with Crippen LogP contribution in [0.3, 0.4) is 0 Å². The summed E-state index contributed by atoms with van der Waals surface area (Å²) < 4.78 is 43.1. The number of piperidine rings is 1. The highest BCUT2D eigenvalue weighted by Crippen LogP contribution is 2.33. The summed E-state index contributed by atoms with van der Waals surface area (Å²) in [6.45, 7) is 2.21. The number of hydrogen-bond donors (Lipinski definition) is 1. The molecule has 0 aliphatic carbocycles. The number of carbonyl (C=O) groups excluding carboxylic acids is 1. The predicted octanol–water partition coefficient (Wildman–Crippen LogP) is 3.79. The lowest BCUT2D eigenvalue weighted by Gasteiger charge is -2.33. The minimum atomic E-state index is -3.24. The van der Waals surface area contributed by atoms with Crippen LogP contribution in [-0.2, 0) is 14.6 Å². The molecule has 1 saturated heterocycles. The molecule has 1 N–H and O–H groups in total. The fourth-order valence-electron chi connectivity index (χ4n) is 4.24. The van der Waals surface area contributed by atoms with E-state index in [0.29, 0.717) is 47.0 Å². The van der Waals surface area contributed by atoms with Gasteiger partial charge in [-0.05, 0) is 61.5 Å². The number of aromatic amines is 1. The van der Waals surface area contributed by atoms with Crippen LogP contribution < -0.4 is 10.3 Å². The van der Waals surface area contributed by atoms with Crippen LogP contribution in [0.1, 0.15) is 19.8 Å². The van der Waals surface area contributed by atoms with Crippen LogP contribution in [0.15, 0.2) is 47.4 Å². The number of hydrogen-bond acceptors (Lipinski definition) is 5. The largest absolute Gasteiger partial charge is 0.481 e. The van der Waals surface area contributed by atoms with Crippen molar-refractivity contribution in [1.29, 1.82) is 0 Å². The maximum absolute atomic E-state index is 13.5. The van der Waals surface area contributed by atoms with Crippen molar-refractivity contribution in [2.75, 3.05) is 19.3 Å². The molecule has 3 aromatic rings. The molecule has 0 spiro atoms. The number of likely N-dealkylation sites (tertiary alicyclic amines) is 1. The zero-order chi connectivity index (χ0) is 24.6. The van der Waals surface area contributed by atoms with Gasteiger partial charge in [-0.25, -0.2) is 12.8 Å². The van der Waals surface area contributed by atoms with Gasteiger partial charge in [-0.3, -0.25) is 9.59 Å². The van der Waals surface area contributed by atoms with Gasteiger partial charge in [0.05, 0.1) is 15.7 Å². The molecule has 2 atom stereocenters. The van der Waals surface area contributed by atoms with Gasteiger partial charge in [0.15, 0.2) is 15.9 Å². The third-order valence-electron chi connectivity index (χ3n) is 6.05. The van der Waals surface area contributed by atoms with Gasteiger partial charge in [-0.2, -0.15) is 0 Å². The highest BCUT2D eigenvalue weighted by atomic mass is 35.5. The average molecular weight is 507 g/mol. The number of pyridine rings is 1. The van der Waals surface area contributed by atoms with E-state index in [9.17, 15) is 22.4 Å². The second-order valence-electron chi connectivity index (χ2n) is 8.50. The maximum atomic E-state index is 13.5. The zero-order valence-electron chi connectivity index (χ0n) is 18.7. The molecule has 1 aliphatic rings. The molecule has 10 heteroatoms. The first-order chi connectivity index (χ1) is 16.0. The third-order valence-corrected chi connectivity index (χ3v) is 7.96. The lowest BCUT2D eigenvalue weighted by atomic mass is 10.0. The van der Waals surface area contributed by atoms with Gasteiger partial charge in [-0.15, -0.1) is 0 Å². The van der Waals surface area contributed by atoms with Crippen molar-refractivity contribution in [3.05, 3.63) is 63.8 Å². The molecule has 34 heavy (non-hydrogen) atoms. The van der Waals surface area contributed by atoms with Crippen LogP contribution in [0.2, 0.25) is 5.02 Å². The molecule has 180 valence electrons. The Bertz CT molecular complexity index is 1420. The molecule has 0 bridgehead atoms. The number of ether oxygens (including phenoxy) is 1. The van der Waals surface area contributed by atoms with E-state index in [2.05, 4.69) is 4.98 Å². The van der Waals surface area contributed by atoms with E-state index in [0.717, 1.165) is 0 Å². The van der Waals surface area contributed by atoms with Gasteiger partial charge in [0.2, 0.25) is 0 Å². The highest BCUT2D eigenvalue weighted by Gasteiger charge is 2.32. The van der Waals surface area contributed by atoms with Gasteiger partial charge in [-0.1, -0.05) is 11.6 Å². The third kappa shape index (κ3) is 4.95. The Balaban J connectivity index is 1.59. The Morgan fingerprint density at radius 3 is 2.68 bits per heavy atom. The number of fused-ring (bicyclic) bond motifs is 1. The molecular formula is C24H24ClFN2O5S. The molecule has 1 fully saturated rings. The van der Waals surface area contributed by atoms with Crippen molar-refractivity contribution in [3.8, 4) is 16.9 Å². The fourth-order valence-corrected chi connectivity index (χ4v) is 5.56. The van der Waals surface area contributed by atoms with Crippen LogP contribution in [0.5, 0.6) is 5.75 Å². The second-order valence-corrected chi connectivity index (χ2v) is 11.2. The highest BCUT2D eigenvalue weighted by molar-refractivity contribution is 7.91. The van der Waals surface area contributed by atoms with Crippen LogP contribution in [0, 0.1) is 5.82 Å². The first-order valence-corrected chi connectivity index (χ1v) is 13.1. The van der Waals surface area contributed by atoms with Crippen molar-refractivity contribution < 1.29 is 22.3 Å². The monoisotopic (exact) mass is 506 g/mol. The van der Waals surface area contributed by atoms with E-state index in [1.807, 2.05) is 0 Å². The number of H-pyrrole nitrogens is 1. The Morgan fingerprint density at radius 2 is 1.97 bits per heavy atom. The Morgan fingerprint density at radius 1 is 1.21 bits per heavy atom. The van der Waals surface area contributed by atoms with Gasteiger partial charge < -0.3 is 14.6 Å². The first-order valence-electron chi connectivity index (χ1n) is 10.8. The summed E-state index contributed by atoms with van der Waals surface area (Å²) in [5, 5.41) is 0.552. The van der Waals surface area contributed by atoms with Crippen LogP contribution >= 0.6 is 11.6 Å². The molecule has 0 radical (unpaired) electrons. The van der Waals surface area contributed by atoms with E-state index in [-0.39, 0.29) is 23.0 Å². The van der Waals surface area contributed by atoms with Crippen molar-refractivity contribution in [2.24, 2.45) is 0 Å². The summed E-state index contributed by atoms with van der Waals surface area (Å²) in [5.74, 6) is -0.458. The molecule has 0 saturated carbocycles. The standard InChI is InChI=1S/C24H24ClFN2O5S/c1-14(24(30)28-9-3-4-17(13-28)34(2,31)32)33-16-6-8-18-20(11-16)23(29)27-12-21(18)19-7-5-15(26)10-22(19)25/h5-8,10-12,14,17H,3-4,9,13H2,1-2H3,(H,27,29)/t14-,17?/m1/s1. The SMILES string of the molecule is C[C@@H](Oc1ccc2c(-c3ccc(F)cc3Cl)c[nH]c(=O)c2c1)C(=O)N1CCCC(S(C)(=O)=O)C1. The Labute approximate surface area is 201 Å². The number of benzene rings is 2. The van der Waals surface area contributed by atoms with Crippen LogP contribution in [0.4, 0.5) is 4.39 Å². The van der Waals surface area contributed by atoms with Crippen molar-refractivity contribution >= 4 is 38.1 Å². The van der Waals surface area contributed by atoms with Crippen molar-refractivity contribution in [1.82, 2.24) is 9.88 Å². The molecule has 7 nitrogen and oxygen atoms in total. The smallest absolute Gasteiger partial charge is 0.263 e. The fraction of sp³-hybridized carbons (Fsp3) is 0.333. The molecule has 1 unspecified atom stereocenters. The van der Waals surface area contributed by atoms with E-state index in [1.54, 1.807) is 19.1 Å². The lowest BCUT2D eigenvalue weighted by molar-refractivity contribution is -0.138.